The predicted octanol–water partition coefficient (Wildman–Crippen LogP) is 3.87. The van der Waals surface area contributed by atoms with Crippen LogP contribution in [0.3, 0.4) is 0 Å². The second-order valence-electron chi connectivity index (χ2n) is 3.93. The maximum Gasteiger partial charge on any atom is 0.123 e. The van der Waals surface area contributed by atoms with Gasteiger partial charge in [-0.15, -0.1) is 0 Å². The summed E-state index contributed by atoms with van der Waals surface area (Å²) in [6.45, 7) is 2.47. The topological polar surface area (TPSA) is 42.4 Å². The van der Waals surface area contributed by atoms with Crippen molar-refractivity contribution in [1.29, 1.82) is 0 Å². The molecule has 1 atom stereocenters. The second kappa shape index (κ2) is 6.24. The lowest BCUT2D eigenvalue weighted by atomic mass is 10.1. The van der Waals surface area contributed by atoms with Gasteiger partial charge in [-0.2, -0.15) is 0 Å². The predicted molar refractivity (Wildman–Crippen MR) is 75.9 cm³/mol. The number of aromatic nitrogens is 1. The van der Waals surface area contributed by atoms with E-state index in [1.54, 1.807) is 18.2 Å². The molecule has 2 rings (SSSR count). The van der Waals surface area contributed by atoms with Gasteiger partial charge in [-0.3, -0.25) is 4.98 Å². The third kappa shape index (κ3) is 3.38. The Balaban J connectivity index is 2.32. The van der Waals surface area contributed by atoms with E-state index in [9.17, 15) is 5.11 Å². The molecule has 0 aliphatic carbocycles. The maximum absolute atomic E-state index is 10.3. The van der Waals surface area contributed by atoms with Crippen molar-refractivity contribution in [2.45, 2.75) is 13.0 Å². The van der Waals surface area contributed by atoms with Crippen molar-refractivity contribution in [2.75, 3.05) is 6.61 Å². The molecule has 1 aromatic carbocycles. The summed E-state index contributed by atoms with van der Waals surface area (Å²) < 4.78 is 5.40. The molecule has 0 saturated heterocycles. The standard InChI is InChI=1S/C14H13Cl2NO2/c1-2-19-11-5-3-4-9(6-11)14(18)13-12(16)7-10(15)8-17-13/h3-8,14,18H,2H2,1H3. The summed E-state index contributed by atoms with van der Waals surface area (Å²) >= 11 is 11.8. The Morgan fingerprint density at radius 3 is 2.79 bits per heavy atom. The summed E-state index contributed by atoms with van der Waals surface area (Å²) in [5.41, 5.74) is 1.04. The average Bonchev–Trinajstić information content (AvgIpc) is 2.39. The highest BCUT2D eigenvalue weighted by Gasteiger charge is 2.16. The van der Waals surface area contributed by atoms with Crippen LogP contribution in [0, 0.1) is 0 Å². The molecular weight excluding hydrogens is 285 g/mol. The van der Waals surface area contributed by atoms with E-state index in [2.05, 4.69) is 4.98 Å². The van der Waals surface area contributed by atoms with Crippen molar-refractivity contribution in [2.24, 2.45) is 0 Å². The fourth-order valence-corrected chi connectivity index (χ4v) is 2.21. The van der Waals surface area contributed by atoms with Crippen LogP contribution in [0.4, 0.5) is 0 Å². The molecule has 1 heterocycles. The van der Waals surface area contributed by atoms with Crippen LogP contribution in [-0.4, -0.2) is 16.7 Å². The first-order chi connectivity index (χ1) is 9.11. The van der Waals surface area contributed by atoms with Gasteiger partial charge in [-0.25, -0.2) is 0 Å². The van der Waals surface area contributed by atoms with Crippen LogP contribution in [0.2, 0.25) is 10.0 Å². The van der Waals surface area contributed by atoms with Gasteiger partial charge in [-0.05, 0) is 30.7 Å². The smallest absolute Gasteiger partial charge is 0.123 e. The molecule has 1 N–H and O–H groups in total. The van der Waals surface area contributed by atoms with Gasteiger partial charge in [0.25, 0.3) is 0 Å². The summed E-state index contributed by atoms with van der Waals surface area (Å²) in [6, 6.07) is 8.76. The van der Waals surface area contributed by atoms with Crippen LogP contribution in [0.25, 0.3) is 0 Å². The van der Waals surface area contributed by atoms with Crippen molar-refractivity contribution in [3.8, 4) is 5.75 Å². The first kappa shape index (κ1) is 14.1. The number of hydrogen-bond donors (Lipinski definition) is 1. The lowest BCUT2D eigenvalue weighted by molar-refractivity contribution is 0.214. The van der Waals surface area contributed by atoms with Crippen LogP contribution >= 0.6 is 23.2 Å². The Morgan fingerprint density at radius 2 is 2.11 bits per heavy atom. The van der Waals surface area contributed by atoms with E-state index < -0.39 is 6.10 Å². The molecule has 2 aromatic rings. The molecule has 5 heteroatoms. The van der Waals surface area contributed by atoms with E-state index in [0.717, 1.165) is 0 Å². The molecule has 0 aliphatic heterocycles. The molecular formula is C14H13Cl2NO2. The highest BCUT2D eigenvalue weighted by Crippen LogP contribution is 2.29. The average molecular weight is 298 g/mol. The number of halogens is 2. The zero-order valence-corrected chi connectivity index (χ0v) is 11.8. The minimum absolute atomic E-state index is 0.335. The monoisotopic (exact) mass is 297 g/mol. The van der Waals surface area contributed by atoms with Crippen LogP contribution in [0.15, 0.2) is 36.5 Å². The minimum Gasteiger partial charge on any atom is -0.494 e. The molecule has 100 valence electrons. The molecule has 1 aromatic heterocycles. The highest BCUT2D eigenvalue weighted by atomic mass is 35.5. The van der Waals surface area contributed by atoms with Gasteiger partial charge in [0, 0.05) is 6.20 Å². The quantitative estimate of drug-likeness (QED) is 0.931. The summed E-state index contributed by atoms with van der Waals surface area (Å²) in [7, 11) is 0. The Bertz CT molecular complexity index is 575. The Morgan fingerprint density at radius 1 is 1.32 bits per heavy atom. The number of benzene rings is 1. The third-order valence-corrected chi connectivity index (χ3v) is 3.09. The zero-order valence-electron chi connectivity index (χ0n) is 10.3. The first-order valence-corrected chi connectivity index (χ1v) is 6.59. The van der Waals surface area contributed by atoms with Crippen LogP contribution in [0.5, 0.6) is 5.75 Å². The summed E-state index contributed by atoms with van der Waals surface area (Å²) in [5.74, 6) is 0.698. The van der Waals surface area contributed by atoms with Crippen molar-refractivity contribution in [3.63, 3.8) is 0 Å². The Kier molecular flexibility index (Phi) is 4.64. The van der Waals surface area contributed by atoms with E-state index in [-0.39, 0.29) is 0 Å². The molecule has 0 aliphatic rings. The van der Waals surface area contributed by atoms with Crippen LogP contribution in [0.1, 0.15) is 24.3 Å². The minimum atomic E-state index is -0.912. The number of nitrogens with zero attached hydrogens (tertiary/aromatic N) is 1. The molecule has 1 unspecified atom stereocenters. The van der Waals surface area contributed by atoms with Gasteiger partial charge in [0.2, 0.25) is 0 Å². The van der Waals surface area contributed by atoms with Gasteiger partial charge >= 0.3 is 0 Å². The lowest BCUT2D eigenvalue weighted by Crippen LogP contribution is -2.04. The fraction of sp³-hybridized carbons (Fsp3) is 0.214. The van der Waals surface area contributed by atoms with Gasteiger partial charge < -0.3 is 9.84 Å². The van der Waals surface area contributed by atoms with Gasteiger partial charge in [0.15, 0.2) is 0 Å². The van der Waals surface area contributed by atoms with E-state index in [1.807, 2.05) is 19.1 Å². The van der Waals surface area contributed by atoms with Crippen LogP contribution < -0.4 is 4.74 Å². The van der Waals surface area contributed by atoms with Crippen LogP contribution in [-0.2, 0) is 0 Å². The van der Waals surface area contributed by atoms with Crippen molar-refractivity contribution >= 4 is 23.2 Å². The van der Waals surface area contributed by atoms with Crippen molar-refractivity contribution < 1.29 is 9.84 Å². The van der Waals surface area contributed by atoms with E-state index >= 15 is 0 Å². The molecule has 0 saturated carbocycles. The molecule has 19 heavy (non-hydrogen) atoms. The number of ether oxygens (including phenoxy) is 1. The van der Waals surface area contributed by atoms with Crippen molar-refractivity contribution in [1.82, 2.24) is 4.98 Å². The summed E-state index contributed by atoms with van der Waals surface area (Å²) in [6.07, 6.45) is 0.545. The molecule has 0 fully saturated rings. The van der Waals surface area contributed by atoms with E-state index in [4.69, 9.17) is 27.9 Å². The molecule has 0 radical (unpaired) electrons. The second-order valence-corrected chi connectivity index (χ2v) is 4.77. The maximum atomic E-state index is 10.3. The number of aliphatic hydroxyl groups excluding tert-OH is 1. The highest BCUT2D eigenvalue weighted by molar-refractivity contribution is 6.34. The van der Waals surface area contributed by atoms with Gasteiger partial charge in [0.1, 0.15) is 11.9 Å². The van der Waals surface area contributed by atoms with Gasteiger partial charge in [0.05, 0.1) is 22.3 Å². The number of aliphatic hydroxyl groups is 1. The first-order valence-electron chi connectivity index (χ1n) is 5.83. The molecule has 0 amide bonds. The van der Waals surface area contributed by atoms with Gasteiger partial charge in [-0.1, -0.05) is 35.3 Å². The SMILES string of the molecule is CCOc1cccc(C(O)c2ncc(Cl)cc2Cl)c1. The Labute approximate surface area is 121 Å². The molecule has 3 nitrogen and oxygen atoms in total. The normalized spacial score (nSPS) is 12.2. The van der Waals surface area contributed by atoms with E-state index in [0.29, 0.717) is 33.7 Å². The largest absolute Gasteiger partial charge is 0.494 e. The van der Waals surface area contributed by atoms with Crippen molar-refractivity contribution in [3.05, 3.63) is 57.8 Å². The zero-order chi connectivity index (χ0) is 13.8. The molecule has 0 bridgehead atoms. The fourth-order valence-electron chi connectivity index (χ4n) is 1.73. The lowest BCUT2D eigenvalue weighted by Gasteiger charge is -2.13. The number of pyridine rings is 1. The number of rotatable bonds is 4. The number of hydrogen-bond acceptors (Lipinski definition) is 3. The Hall–Kier alpha value is -1.29. The van der Waals surface area contributed by atoms with E-state index in [1.165, 1.54) is 6.20 Å². The molecule has 0 spiro atoms. The summed E-state index contributed by atoms with van der Waals surface area (Å²) in [5, 5.41) is 11.1. The summed E-state index contributed by atoms with van der Waals surface area (Å²) in [4.78, 5) is 4.08. The third-order valence-electron chi connectivity index (χ3n) is 2.58.